The molecule has 0 aromatic heterocycles. The number of hydrogen-bond acceptors (Lipinski definition) is 7. The number of unbranched alkanes of at least 4 members (excludes halogenated alkanes) is 28. The summed E-state index contributed by atoms with van der Waals surface area (Å²) in [4.78, 5) is 38.9. The van der Waals surface area contributed by atoms with Crippen LogP contribution in [0.1, 0.15) is 219 Å². The molecule has 0 spiro atoms. The summed E-state index contributed by atoms with van der Waals surface area (Å²) in [6.07, 6.45) is 39.4. The molecule has 0 aliphatic heterocycles. The lowest BCUT2D eigenvalue weighted by Crippen LogP contribution is -2.42. The van der Waals surface area contributed by atoms with Crippen LogP contribution in [0.2, 0.25) is 0 Å². The van der Waals surface area contributed by atoms with E-state index in [4.69, 9.17) is 14.6 Å². The number of amides is 1. The van der Waals surface area contributed by atoms with Gasteiger partial charge in [0, 0.05) is 19.4 Å². The van der Waals surface area contributed by atoms with Gasteiger partial charge in [-0.2, -0.15) is 0 Å². The highest BCUT2D eigenvalue weighted by Gasteiger charge is 2.15. The fourth-order valence-electron chi connectivity index (χ4n) is 6.71. The topological polar surface area (TPSA) is 105 Å². The standard InChI is InChI=1S/C44H86N2O6/c1-3-5-7-9-11-13-15-17-19-21-23-25-27-29-31-33-43(49)51-39-36-46(42(48)41-45-35-38-47)37-40-52-44(50)34-32-30-28-26-24-22-20-18-16-14-12-10-8-6-4-2/h45,47H,3-41H2,1-2H3. The van der Waals surface area contributed by atoms with Gasteiger partial charge in [-0.25, -0.2) is 0 Å². The van der Waals surface area contributed by atoms with Gasteiger partial charge in [0.2, 0.25) is 5.91 Å². The second-order valence-corrected chi connectivity index (χ2v) is 15.1. The Bertz CT molecular complexity index is 728. The zero-order valence-corrected chi connectivity index (χ0v) is 34.5. The minimum Gasteiger partial charge on any atom is -0.464 e. The summed E-state index contributed by atoms with van der Waals surface area (Å²) in [6, 6.07) is 0. The molecule has 2 N–H and O–H groups in total. The molecular weight excluding hydrogens is 652 g/mol. The van der Waals surface area contributed by atoms with Crippen molar-refractivity contribution in [2.45, 2.75) is 219 Å². The summed E-state index contributed by atoms with van der Waals surface area (Å²) in [6.45, 7) is 5.62. The van der Waals surface area contributed by atoms with E-state index in [-0.39, 0.29) is 57.3 Å². The van der Waals surface area contributed by atoms with Gasteiger partial charge >= 0.3 is 11.9 Å². The SMILES string of the molecule is CCCCCCCCCCCCCCCCCC(=O)OCCN(CCOC(=O)CCCCCCCCCCCCCCCCC)C(=O)CNCCO. The molecule has 0 aliphatic rings. The number of aliphatic hydroxyl groups excluding tert-OH is 1. The summed E-state index contributed by atoms with van der Waals surface area (Å²) in [5.74, 6) is -0.629. The van der Waals surface area contributed by atoms with Gasteiger partial charge in [-0.05, 0) is 12.8 Å². The molecule has 0 radical (unpaired) electrons. The van der Waals surface area contributed by atoms with E-state index < -0.39 is 0 Å². The van der Waals surface area contributed by atoms with Crippen LogP contribution in [0.5, 0.6) is 0 Å². The number of ether oxygens (including phenoxy) is 2. The molecule has 0 bridgehead atoms. The van der Waals surface area contributed by atoms with Crippen molar-refractivity contribution in [3.63, 3.8) is 0 Å². The van der Waals surface area contributed by atoms with Crippen LogP contribution in [0.4, 0.5) is 0 Å². The van der Waals surface area contributed by atoms with Gasteiger partial charge in [-0.15, -0.1) is 0 Å². The van der Waals surface area contributed by atoms with Crippen LogP contribution in [-0.2, 0) is 23.9 Å². The Morgan fingerprint density at radius 1 is 0.462 bits per heavy atom. The summed E-state index contributed by atoms with van der Waals surface area (Å²) in [7, 11) is 0. The molecule has 0 unspecified atom stereocenters. The van der Waals surface area contributed by atoms with Crippen molar-refractivity contribution in [3.8, 4) is 0 Å². The molecule has 8 heteroatoms. The van der Waals surface area contributed by atoms with Crippen molar-refractivity contribution >= 4 is 17.8 Å². The highest BCUT2D eigenvalue weighted by molar-refractivity contribution is 5.78. The molecule has 0 heterocycles. The van der Waals surface area contributed by atoms with Crippen LogP contribution in [-0.4, -0.2) is 73.9 Å². The molecule has 8 nitrogen and oxygen atoms in total. The van der Waals surface area contributed by atoms with Crippen molar-refractivity contribution in [1.82, 2.24) is 10.2 Å². The maximum atomic E-state index is 12.7. The molecule has 0 atom stereocenters. The number of rotatable bonds is 42. The lowest BCUT2D eigenvalue weighted by Gasteiger charge is -2.22. The maximum Gasteiger partial charge on any atom is 0.305 e. The van der Waals surface area contributed by atoms with E-state index in [9.17, 15) is 14.4 Å². The van der Waals surface area contributed by atoms with Gasteiger partial charge in [-0.3, -0.25) is 14.4 Å². The van der Waals surface area contributed by atoms with Gasteiger partial charge < -0.3 is 24.8 Å². The number of aliphatic hydroxyl groups is 1. The Balaban J connectivity index is 3.91. The molecule has 0 rings (SSSR count). The minimum atomic E-state index is -0.226. The molecule has 0 aromatic carbocycles. The van der Waals surface area contributed by atoms with Gasteiger partial charge in [0.05, 0.1) is 26.2 Å². The molecule has 52 heavy (non-hydrogen) atoms. The van der Waals surface area contributed by atoms with E-state index >= 15 is 0 Å². The van der Waals surface area contributed by atoms with Gasteiger partial charge in [0.25, 0.3) is 0 Å². The molecule has 1 amide bonds. The summed E-state index contributed by atoms with van der Waals surface area (Å²) in [5.41, 5.74) is 0. The number of carbonyl (C=O) groups excluding carboxylic acids is 3. The van der Waals surface area contributed by atoms with Gasteiger partial charge in [-0.1, -0.05) is 194 Å². The van der Waals surface area contributed by atoms with E-state index in [1.54, 1.807) is 4.90 Å². The third kappa shape index (κ3) is 38.1. The average Bonchev–Trinajstić information content (AvgIpc) is 3.14. The van der Waals surface area contributed by atoms with E-state index in [1.165, 1.54) is 154 Å². The summed E-state index contributed by atoms with van der Waals surface area (Å²) >= 11 is 0. The Labute approximate surface area is 321 Å². The van der Waals surface area contributed by atoms with Gasteiger partial charge in [0.15, 0.2) is 0 Å². The van der Waals surface area contributed by atoms with Crippen LogP contribution in [0.15, 0.2) is 0 Å². The number of esters is 2. The fraction of sp³-hybridized carbons (Fsp3) is 0.932. The third-order valence-electron chi connectivity index (χ3n) is 10.1. The van der Waals surface area contributed by atoms with E-state index in [2.05, 4.69) is 19.2 Å². The van der Waals surface area contributed by atoms with Crippen molar-refractivity contribution in [2.24, 2.45) is 0 Å². The predicted molar refractivity (Wildman–Crippen MR) is 218 cm³/mol. The summed E-state index contributed by atoms with van der Waals surface area (Å²) < 4.78 is 10.9. The number of hydrogen-bond donors (Lipinski definition) is 2. The number of carbonyl (C=O) groups is 3. The first-order valence-electron chi connectivity index (χ1n) is 22.5. The van der Waals surface area contributed by atoms with Crippen molar-refractivity contribution < 1.29 is 29.0 Å². The molecule has 0 saturated heterocycles. The zero-order valence-electron chi connectivity index (χ0n) is 34.5. The van der Waals surface area contributed by atoms with E-state index in [0.717, 1.165) is 38.5 Å². The second-order valence-electron chi connectivity index (χ2n) is 15.1. The molecule has 308 valence electrons. The van der Waals surface area contributed by atoms with Gasteiger partial charge in [0.1, 0.15) is 13.2 Å². The van der Waals surface area contributed by atoms with Crippen LogP contribution < -0.4 is 5.32 Å². The number of nitrogens with one attached hydrogen (secondary N) is 1. The van der Waals surface area contributed by atoms with Crippen molar-refractivity contribution in [2.75, 3.05) is 46.0 Å². The van der Waals surface area contributed by atoms with Crippen LogP contribution in [0.25, 0.3) is 0 Å². The Morgan fingerprint density at radius 2 is 0.750 bits per heavy atom. The molecule has 0 aliphatic carbocycles. The Kier molecular flexibility index (Phi) is 40.7. The quantitative estimate of drug-likeness (QED) is 0.0474. The largest absolute Gasteiger partial charge is 0.464 e. The van der Waals surface area contributed by atoms with Crippen molar-refractivity contribution in [3.05, 3.63) is 0 Å². The monoisotopic (exact) mass is 739 g/mol. The predicted octanol–water partition coefficient (Wildman–Crippen LogP) is 11.0. The third-order valence-corrected chi connectivity index (χ3v) is 10.1. The number of nitrogens with zero attached hydrogens (tertiary/aromatic N) is 1. The van der Waals surface area contributed by atoms with E-state index in [1.807, 2.05) is 0 Å². The Hall–Kier alpha value is -1.67. The van der Waals surface area contributed by atoms with Crippen LogP contribution in [0.3, 0.4) is 0 Å². The minimum absolute atomic E-state index is 0.0544. The first kappa shape index (κ1) is 50.3. The second kappa shape index (κ2) is 42.1. The Morgan fingerprint density at radius 3 is 1.04 bits per heavy atom. The zero-order chi connectivity index (χ0) is 38.0. The molecule has 0 fully saturated rings. The first-order chi connectivity index (χ1) is 25.5. The van der Waals surface area contributed by atoms with Crippen LogP contribution in [0, 0.1) is 0 Å². The molecule has 0 aromatic rings. The van der Waals surface area contributed by atoms with E-state index in [0.29, 0.717) is 19.4 Å². The molecule has 0 saturated carbocycles. The van der Waals surface area contributed by atoms with Crippen molar-refractivity contribution in [1.29, 1.82) is 0 Å². The maximum absolute atomic E-state index is 12.7. The highest BCUT2D eigenvalue weighted by atomic mass is 16.5. The highest BCUT2D eigenvalue weighted by Crippen LogP contribution is 2.15. The summed E-state index contributed by atoms with van der Waals surface area (Å²) in [5, 5.41) is 11.9. The molecular formula is C44H86N2O6. The average molecular weight is 739 g/mol. The van der Waals surface area contributed by atoms with Crippen LogP contribution >= 0.6 is 0 Å². The fourth-order valence-corrected chi connectivity index (χ4v) is 6.71. The lowest BCUT2D eigenvalue weighted by atomic mass is 10.0. The smallest absolute Gasteiger partial charge is 0.305 e. The first-order valence-corrected chi connectivity index (χ1v) is 22.5. The normalized spacial score (nSPS) is 11.2. The lowest BCUT2D eigenvalue weighted by molar-refractivity contribution is -0.147.